The highest BCUT2D eigenvalue weighted by Crippen LogP contribution is 2.18. The Balaban J connectivity index is 0.00000208. The van der Waals surface area contributed by atoms with Crippen LogP contribution in [0.25, 0.3) is 0 Å². The SMILES string of the molecule is Cl.O=C(NCCc1ccccc1[N+](=O)[O-])c1n[nH]c2c1CNCC2. The number of hydrogen-bond acceptors (Lipinski definition) is 5. The second kappa shape index (κ2) is 7.89. The van der Waals surface area contributed by atoms with E-state index in [0.717, 1.165) is 24.2 Å². The fourth-order valence-corrected chi connectivity index (χ4v) is 2.71. The molecule has 9 heteroatoms. The van der Waals surface area contributed by atoms with Gasteiger partial charge in [-0.15, -0.1) is 12.4 Å². The molecule has 8 nitrogen and oxygen atoms in total. The molecule has 2 heterocycles. The van der Waals surface area contributed by atoms with E-state index < -0.39 is 4.92 Å². The average Bonchev–Trinajstić information content (AvgIpc) is 2.99. The van der Waals surface area contributed by atoms with Gasteiger partial charge in [0.15, 0.2) is 5.69 Å². The molecule has 0 unspecified atom stereocenters. The van der Waals surface area contributed by atoms with E-state index in [-0.39, 0.29) is 24.0 Å². The Hall–Kier alpha value is -2.45. The van der Waals surface area contributed by atoms with Crippen molar-refractivity contribution in [1.29, 1.82) is 0 Å². The van der Waals surface area contributed by atoms with Crippen molar-refractivity contribution < 1.29 is 9.72 Å². The van der Waals surface area contributed by atoms with E-state index in [1.165, 1.54) is 6.07 Å². The first-order valence-electron chi connectivity index (χ1n) is 7.44. The Labute approximate surface area is 144 Å². The number of carbonyl (C=O) groups excluding carboxylic acids is 1. The lowest BCUT2D eigenvalue weighted by Crippen LogP contribution is -2.29. The molecule has 1 aromatic carbocycles. The lowest BCUT2D eigenvalue weighted by Gasteiger charge is -2.12. The van der Waals surface area contributed by atoms with E-state index in [2.05, 4.69) is 20.8 Å². The van der Waals surface area contributed by atoms with Gasteiger partial charge in [0.05, 0.1) is 4.92 Å². The van der Waals surface area contributed by atoms with Crippen LogP contribution >= 0.6 is 12.4 Å². The summed E-state index contributed by atoms with van der Waals surface area (Å²) in [5, 5.41) is 23.9. The van der Waals surface area contributed by atoms with E-state index >= 15 is 0 Å². The van der Waals surface area contributed by atoms with Crippen molar-refractivity contribution >= 4 is 24.0 Å². The summed E-state index contributed by atoms with van der Waals surface area (Å²) >= 11 is 0. The number of hydrogen-bond donors (Lipinski definition) is 3. The molecule has 0 saturated heterocycles. The van der Waals surface area contributed by atoms with Gasteiger partial charge in [-0.1, -0.05) is 18.2 Å². The molecule has 1 aliphatic rings. The van der Waals surface area contributed by atoms with Crippen LogP contribution in [0.15, 0.2) is 24.3 Å². The zero-order valence-corrected chi connectivity index (χ0v) is 13.7. The normalized spacial score (nSPS) is 12.8. The number of aromatic nitrogens is 2. The molecule has 3 N–H and O–H groups in total. The van der Waals surface area contributed by atoms with Gasteiger partial charge < -0.3 is 10.6 Å². The number of rotatable bonds is 5. The maximum absolute atomic E-state index is 12.2. The third-order valence-corrected chi connectivity index (χ3v) is 3.89. The number of nitro groups is 1. The highest BCUT2D eigenvalue weighted by molar-refractivity contribution is 5.94. The molecule has 0 radical (unpaired) electrons. The summed E-state index contributed by atoms with van der Waals surface area (Å²) in [5.41, 5.74) is 2.97. The van der Waals surface area contributed by atoms with Gasteiger partial charge in [0.1, 0.15) is 0 Å². The molecule has 3 rings (SSSR count). The first-order valence-corrected chi connectivity index (χ1v) is 7.44. The van der Waals surface area contributed by atoms with Gasteiger partial charge in [-0.25, -0.2) is 0 Å². The van der Waals surface area contributed by atoms with Crippen molar-refractivity contribution in [3.05, 3.63) is 56.9 Å². The van der Waals surface area contributed by atoms with Gasteiger partial charge in [-0.3, -0.25) is 20.0 Å². The molecule has 0 saturated carbocycles. The van der Waals surface area contributed by atoms with Crippen molar-refractivity contribution in [1.82, 2.24) is 20.8 Å². The first-order chi connectivity index (χ1) is 11.2. The molecular weight excluding hydrogens is 334 g/mol. The Morgan fingerprint density at radius 1 is 1.38 bits per heavy atom. The first kappa shape index (κ1) is 17.9. The van der Waals surface area contributed by atoms with Crippen LogP contribution in [0.4, 0.5) is 5.69 Å². The van der Waals surface area contributed by atoms with E-state index in [1.54, 1.807) is 18.2 Å². The largest absolute Gasteiger partial charge is 0.350 e. The third-order valence-electron chi connectivity index (χ3n) is 3.89. The molecule has 0 atom stereocenters. The highest BCUT2D eigenvalue weighted by Gasteiger charge is 2.21. The van der Waals surface area contributed by atoms with Crippen LogP contribution in [-0.4, -0.2) is 34.1 Å². The number of nitrogens with zero attached hydrogens (tertiary/aromatic N) is 2. The number of halogens is 1. The van der Waals surface area contributed by atoms with Gasteiger partial charge in [0.2, 0.25) is 0 Å². The lowest BCUT2D eigenvalue weighted by atomic mass is 10.1. The summed E-state index contributed by atoms with van der Waals surface area (Å²) in [6, 6.07) is 6.54. The van der Waals surface area contributed by atoms with Crippen molar-refractivity contribution in [3.63, 3.8) is 0 Å². The predicted molar refractivity (Wildman–Crippen MR) is 90.4 cm³/mol. The topological polar surface area (TPSA) is 113 Å². The predicted octanol–water partition coefficient (Wildman–Crippen LogP) is 1.36. The van der Waals surface area contributed by atoms with Gasteiger partial charge in [0.25, 0.3) is 11.6 Å². The van der Waals surface area contributed by atoms with Gasteiger partial charge >= 0.3 is 0 Å². The van der Waals surface area contributed by atoms with E-state index in [9.17, 15) is 14.9 Å². The molecule has 0 spiro atoms. The summed E-state index contributed by atoms with van der Waals surface area (Å²) in [6.07, 6.45) is 1.22. The van der Waals surface area contributed by atoms with Gasteiger partial charge in [-0.2, -0.15) is 5.10 Å². The maximum atomic E-state index is 12.2. The number of para-hydroxylation sites is 1. The number of fused-ring (bicyclic) bond motifs is 1. The minimum absolute atomic E-state index is 0. The second-order valence-corrected chi connectivity index (χ2v) is 5.35. The number of benzene rings is 1. The number of nitro benzene ring substituents is 1. The number of amides is 1. The van der Waals surface area contributed by atoms with Crippen molar-refractivity contribution in [3.8, 4) is 0 Å². The Kier molecular flexibility index (Phi) is 5.88. The third kappa shape index (κ3) is 3.72. The van der Waals surface area contributed by atoms with Crippen LogP contribution in [0.1, 0.15) is 27.3 Å². The van der Waals surface area contributed by atoms with Crippen LogP contribution in [0.2, 0.25) is 0 Å². The Morgan fingerprint density at radius 2 is 2.17 bits per heavy atom. The fraction of sp³-hybridized carbons (Fsp3) is 0.333. The molecule has 1 aromatic heterocycles. The molecule has 2 aromatic rings. The number of H-pyrrole nitrogens is 1. The summed E-state index contributed by atoms with van der Waals surface area (Å²) in [6.45, 7) is 1.81. The molecule has 0 bridgehead atoms. The Morgan fingerprint density at radius 3 is 2.96 bits per heavy atom. The van der Waals surface area contributed by atoms with Crippen molar-refractivity contribution in [2.45, 2.75) is 19.4 Å². The standard InChI is InChI=1S/C15H17N5O3.ClH/c21-15(14-11-9-16-7-6-12(11)18-19-14)17-8-5-10-3-1-2-4-13(10)20(22)23;/h1-4,16H,5-9H2,(H,17,21)(H,18,19);1H. The fourth-order valence-electron chi connectivity index (χ4n) is 2.71. The molecule has 24 heavy (non-hydrogen) atoms. The second-order valence-electron chi connectivity index (χ2n) is 5.35. The zero-order chi connectivity index (χ0) is 16.2. The molecule has 0 fully saturated rings. The number of nitrogens with one attached hydrogen (secondary N) is 3. The monoisotopic (exact) mass is 351 g/mol. The van der Waals surface area contributed by atoms with E-state index in [0.29, 0.717) is 30.8 Å². The molecular formula is C15H18ClN5O3. The van der Waals surface area contributed by atoms with Crippen LogP contribution < -0.4 is 10.6 Å². The van der Waals surface area contributed by atoms with Crippen LogP contribution in [-0.2, 0) is 19.4 Å². The number of carbonyl (C=O) groups is 1. The number of aromatic amines is 1. The van der Waals surface area contributed by atoms with Gasteiger partial charge in [0, 0.05) is 48.9 Å². The average molecular weight is 352 g/mol. The molecule has 1 amide bonds. The summed E-state index contributed by atoms with van der Waals surface area (Å²) in [4.78, 5) is 22.8. The maximum Gasteiger partial charge on any atom is 0.272 e. The van der Waals surface area contributed by atoms with Crippen LogP contribution in [0, 0.1) is 10.1 Å². The van der Waals surface area contributed by atoms with Crippen molar-refractivity contribution in [2.24, 2.45) is 0 Å². The smallest absolute Gasteiger partial charge is 0.272 e. The summed E-state index contributed by atoms with van der Waals surface area (Å²) in [5.74, 6) is -0.259. The van der Waals surface area contributed by atoms with E-state index in [4.69, 9.17) is 0 Å². The quantitative estimate of drug-likeness (QED) is 0.556. The summed E-state index contributed by atoms with van der Waals surface area (Å²) < 4.78 is 0. The summed E-state index contributed by atoms with van der Waals surface area (Å²) in [7, 11) is 0. The molecule has 0 aliphatic carbocycles. The lowest BCUT2D eigenvalue weighted by molar-refractivity contribution is -0.385. The van der Waals surface area contributed by atoms with Crippen LogP contribution in [0.3, 0.4) is 0 Å². The van der Waals surface area contributed by atoms with E-state index in [1.807, 2.05) is 0 Å². The Bertz CT molecular complexity index is 746. The minimum atomic E-state index is -0.410. The zero-order valence-electron chi connectivity index (χ0n) is 12.9. The van der Waals surface area contributed by atoms with Crippen molar-refractivity contribution in [2.75, 3.05) is 13.1 Å². The molecule has 128 valence electrons. The van der Waals surface area contributed by atoms with Gasteiger partial charge in [-0.05, 0) is 6.42 Å². The molecule has 1 aliphatic heterocycles. The van der Waals surface area contributed by atoms with Crippen LogP contribution in [0.5, 0.6) is 0 Å². The highest BCUT2D eigenvalue weighted by atomic mass is 35.5. The minimum Gasteiger partial charge on any atom is -0.350 e.